The van der Waals surface area contributed by atoms with E-state index in [0.717, 1.165) is 0 Å². The molecule has 1 aliphatic carbocycles. The van der Waals surface area contributed by atoms with Crippen LogP contribution in [0.1, 0.15) is 53.4 Å². The lowest BCUT2D eigenvalue weighted by molar-refractivity contribution is -0.149. The van der Waals surface area contributed by atoms with E-state index in [-0.39, 0.29) is 42.2 Å². The largest absolute Gasteiger partial charge is 0.481 e. The molecule has 0 aromatic heterocycles. The molecular weight excluding hydrogens is 244 g/mol. The lowest BCUT2D eigenvalue weighted by Crippen LogP contribution is -2.46. The summed E-state index contributed by atoms with van der Waals surface area (Å²) in [5.41, 5.74) is -0.768. The van der Waals surface area contributed by atoms with Crippen LogP contribution in [0.2, 0.25) is 0 Å². The Labute approximate surface area is 114 Å². The van der Waals surface area contributed by atoms with Gasteiger partial charge in [-0.3, -0.25) is 14.4 Å². The van der Waals surface area contributed by atoms with Crippen molar-refractivity contribution in [1.29, 1.82) is 0 Å². The fraction of sp³-hybridized carbons (Fsp3) is 0.800. The van der Waals surface area contributed by atoms with Gasteiger partial charge in [0.1, 0.15) is 11.6 Å². The van der Waals surface area contributed by atoms with Crippen LogP contribution in [0.15, 0.2) is 0 Å². The lowest BCUT2D eigenvalue weighted by Gasteiger charge is -2.42. The smallest absolute Gasteiger partial charge is 0.303 e. The van der Waals surface area contributed by atoms with Crippen molar-refractivity contribution in [3.05, 3.63) is 0 Å². The molecule has 0 heterocycles. The molecule has 108 valence electrons. The van der Waals surface area contributed by atoms with E-state index in [1.165, 1.54) is 0 Å². The zero-order chi connectivity index (χ0) is 14.8. The summed E-state index contributed by atoms with van der Waals surface area (Å²) in [4.78, 5) is 35.5. The minimum absolute atomic E-state index is 0.00915. The summed E-state index contributed by atoms with van der Waals surface area (Å²) in [6, 6.07) is 0. The molecule has 0 aliphatic heterocycles. The molecule has 0 amide bonds. The first kappa shape index (κ1) is 15.9. The topological polar surface area (TPSA) is 71.4 Å². The van der Waals surface area contributed by atoms with E-state index in [1.807, 2.05) is 20.8 Å². The van der Waals surface area contributed by atoms with Gasteiger partial charge in [0.2, 0.25) is 0 Å². The summed E-state index contributed by atoms with van der Waals surface area (Å²) >= 11 is 0. The zero-order valence-electron chi connectivity index (χ0n) is 12.2. The molecule has 1 fully saturated rings. The van der Waals surface area contributed by atoms with E-state index in [2.05, 4.69) is 0 Å². The number of aliphatic carboxylic acids is 1. The third kappa shape index (κ3) is 3.23. The van der Waals surface area contributed by atoms with Gasteiger partial charge in [-0.2, -0.15) is 0 Å². The summed E-state index contributed by atoms with van der Waals surface area (Å²) in [7, 11) is 0. The first-order valence-corrected chi connectivity index (χ1v) is 6.99. The van der Waals surface area contributed by atoms with Gasteiger partial charge >= 0.3 is 5.97 Å². The molecule has 3 atom stereocenters. The van der Waals surface area contributed by atoms with Crippen LogP contribution in [0.4, 0.5) is 0 Å². The Morgan fingerprint density at radius 2 is 1.95 bits per heavy atom. The number of carboxylic acid groups (broad SMARTS) is 1. The number of Topliss-reactive ketones (excluding diaryl/α,β-unsaturated/α-hetero) is 2. The molecule has 0 saturated heterocycles. The number of hydrogen-bond donors (Lipinski definition) is 1. The number of hydrogen-bond acceptors (Lipinski definition) is 3. The predicted octanol–water partition coefficient (Wildman–Crippen LogP) is 2.70. The van der Waals surface area contributed by atoms with Crippen molar-refractivity contribution < 1.29 is 19.5 Å². The van der Waals surface area contributed by atoms with Crippen LogP contribution in [-0.2, 0) is 14.4 Å². The molecule has 0 bridgehead atoms. The molecule has 0 spiro atoms. The normalized spacial score (nSPS) is 29.3. The van der Waals surface area contributed by atoms with Crippen LogP contribution in [-0.4, -0.2) is 22.6 Å². The quantitative estimate of drug-likeness (QED) is 0.832. The fourth-order valence-corrected chi connectivity index (χ4v) is 3.11. The third-order valence-electron chi connectivity index (χ3n) is 4.50. The Balaban J connectivity index is 3.07. The molecule has 0 aromatic carbocycles. The monoisotopic (exact) mass is 268 g/mol. The van der Waals surface area contributed by atoms with Crippen molar-refractivity contribution in [3.63, 3.8) is 0 Å². The fourth-order valence-electron chi connectivity index (χ4n) is 3.11. The van der Waals surface area contributed by atoms with Crippen molar-refractivity contribution in [2.24, 2.45) is 23.2 Å². The molecule has 4 nitrogen and oxygen atoms in total. The van der Waals surface area contributed by atoms with Crippen LogP contribution < -0.4 is 0 Å². The Morgan fingerprint density at radius 1 is 1.37 bits per heavy atom. The zero-order valence-corrected chi connectivity index (χ0v) is 12.2. The van der Waals surface area contributed by atoms with Crippen LogP contribution >= 0.6 is 0 Å². The highest BCUT2D eigenvalue weighted by atomic mass is 16.4. The van der Waals surface area contributed by atoms with Gasteiger partial charge in [-0.15, -0.1) is 0 Å². The molecular formula is C15H24O4. The van der Waals surface area contributed by atoms with E-state index in [9.17, 15) is 14.4 Å². The molecule has 19 heavy (non-hydrogen) atoms. The molecule has 0 aromatic rings. The van der Waals surface area contributed by atoms with Crippen LogP contribution in [0.25, 0.3) is 0 Å². The van der Waals surface area contributed by atoms with Gasteiger partial charge in [-0.25, -0.2) is 0 Å². The Kier molecular flexibility index (Phi) is 4.88. The van der Waals surface area contributed by atoms with Crippen molar-refractivity contribution in [2.45, 2.75) is 53.4 Å². The summed E-state index contributed by atoms with van der Waals surface area (Å²) in [6.45, 7) is 7.31. The van der Waals surface area contributed by atoms with Crippen molar-refractivity contribution >= 4 is 17.5 Å². The average Bonchev–Trinajstić information content (AvgIpc) is 2.30. The maximum atomic E-state index is 12.5. The van der Waals surface area contributed by atoms with Gasteiger partial charge < -0.3 is 5.11 Å². The summed E-state index contributed by atoms with van der Waals surface area (Å²) < 4.78 is 0. The minimum atomic E-state index is -0.908. The summed E-state index contributed by atoms with van der Waals surface area (Å²) in [6.07, 6.45) is 1.46. The first-order chi connectivity index (χ1) is 8.70. The standard InChI is InChI=1S/C15H24O4/c1-9(2)14(19)15(11(4)7-13(17)18)6-5-10(3)12(16)8-15/h9-11H,5-8H2,1-4H3,(H,17,18)/t10-,11+,15?/m0/s1. The summed E-state index contributed by atoms with van der Waals surface area (Å²) in [5, 5.41) is 8.97. The highest BCUT2D eigenvalue weighted by molar-refractivity contribution is 5.94. The van der Waals surface area contributed by atoms with E-state index in [0.29, 0.717) is 12.8 Å². The second kappa shape index (κ2) is 5.85. The molecule has 1 aliphatic rings. The number of rotatable bonds is 5. The van der Waals surface area contributed by atoms with E-state index in [1.54, 1.807) is 6.92 Å². The maximum absolute atomic E-state index is 12.5. The highest BCUT2D eigenvalue weighted by Crippen LogP contribution is 2.46. The van der Waals surface area contributed by atoms with Crippen molar-refractivity contribution in [2.75, 3.05) is 0 Å². The molecule has 1 unspecified atom stereocenters. The Morgan fingerprint density at radius 3 is 2.37 bits per heavy atom. The van der Waals surface area contributed by atoms with Gasteiger partial charge in [0.25, 0.3) is 0 Å². The Hall–Kier alpha value is -1.19. The SMILES string of the molecule is CC(C)C(=O)C1([C@H](C)CC(=O)O)CC[C@H](C)C(=O)C1. The average molecular weight is 268 g/mol. The Bertz CT molecular complexity index is 386. The molecule has 1 rings (SSSR count). The van der Waals surface area contributed by atoms with Crippen LogP contribution in [0, 0.1) is 23.2 Å². The van der Waals surface area contributed by atoms with Gasteiger partial charge in [-0.1, -0.05) is 27.7 Å². The van der Waals surface area contributed by atoms with Crippen molar-refractivity contribution in [1.82, 2.24) is 0 Å². The second-order valence-corrected chi connectivity index (χ2v) is 6.26. The predicted molar refractivity (Wildman–Crippen MR) is 71.7 cm³/mol. The van der Waals surface area contributed by atoms with E-state index < -0.39 is 11.4 Å². The molecule has 1 saturated carbocycles. The van der Waals surface area contributed by atoms with Crippen LogP contribution in [0.3, 0.4) is 0 Å². The van der Waals surface area contributed by atoms with Gasteiger partial charge in [0.05, 0.1) is 0 Å². The molecule has 0 radical (unpaired) electrons. The van der Waals surface area contributed by atoms with Gasteiger partial charge in [0, 0.05) is 30.1 Å². The van der Waals surface area contributed by atoms with E-state index >= 15 is 0 Å². The number of carbonyl (C=O) groups excluding carboxylic acids is 2. The lowest BCUT2D eigenvalue weighted by atomic mass is 9.59. The van der Waals surface area contributed by atoms with Gasteiger partial charge in [-0.05, 0) is 18.8 Å². The van der Waals surface area contributed by atoms with E-state index in [4.69, 9.17) is 5.11 Å². The summed E-state index contributed by atoms with van der Waals surface area (Å²) in [5.74, 6) is -1.24. The number of ketones is 2. The third-order valence-corrected chi connectivity index (χ3v) is 4.50. The number of carboxylic acids is 1. The molecule has 4 heteroatoms. The second-order valence-electron chi connectivity index (χ2n) is 6.26. The first-order valence-electron chi connectivity index (χ1n) is 6.99. The van der Waals surface area contributed by atoms with Gasteiger partial charge in [0.15, 0.2) is 0 Å². The maximum Gasteiger partial charge on any atom is 0.303 e. The minimum Gasteiger partial charge on any atom is -0.481 e. The van der Waals surface area contributed by atoms with Crippen molar-refractivity contribution in [3.8, 4) is 0 Å². The highest BCUT2D eigenvalue weighted by Gasteiger charge is 2.48. The number of carbonyl (C=O) groups is 3. The van der Waals surface area contributed by atoms with Crippen LogP contribution in [0.5, 0.6) is 0 Å². The molecule has 1 N–H and O–H groups in total.